The van der Waals surface area contributed by atoms with E-state index in [0.29, 0.717) is 12.3 Å². The number of carboxylic acid groups (broad SMARTS) is 1. The molecule has 6 heteroatoms. The lowest BCUT2D eigenvalue weighted by Crippen LogP contribution is -2.08. The summed E-state index contributed by atoms with van der Waals surface area (Å²) in [5.41, 5.74) is 0.103. The van der Waals surface area contributed by atoms with Crippen molar-refractivity contribution in [1.29, 1.82) is 0 Å². The predicted molar refractivity (Wildman–Crippen MR) is 67.9 cm³/mol. The standard InChI is InChI=1S/C13H14N2O4/c1-3-15-11(12(16)17)8-14-13(15)19-10-6-4-9(18-2)5-7-10/h4-8H,3H2,1-2H3,(H,16,17). The zero-order chi connectivity index (χ0) is 13.8. The molecule has 2 rings (SSSR count). The average molecular weight is 262 g/mol. The van der Waals surface area contributed by atoms with Crippen molar-refractivity contribution in [3.8, 4) is 17.5 Å². The first-order chi connectivity index (χ1) is 9.15. The number of aromatic nitrogens is 2. The molecule has 0 atom stereocenters. The van der Waals surface area contributed by atoms with Crippen molar-refractivity contribution in [2.24, 2.45) is 0 Å². The zero-order valence-electron chi connectivity index (χ0n) is 10.7. The van der Waals surface area contributed by atoms with Crippen LogP contribution in [0.2, 0.25) is 0 Å². The third kappa shape index (κ3) is 2.67. The van der Waals surface area contributed by atoms with Crippen molar-refractivity contribution in [3.63, 3.8) is 0 Å². The Morgan fingerprint density at radius 2 is 1.95 bits per heavy atom. The van der Waals surface area contributed by atoms with Gasteiger partial charge >= 0.3 is 12.0 Å². The first-order valence-corrected chi connectivity index (χ1v) is 5.76. The van der Waals surface area contributed by atoms with Crippen LogP contribution >= 0.6 is 0 Å². The number of hydrogen-bond acceptors (Lipinski definition) is 4. The summed E-state index contributed by atoms with van der Waals surface area (Å²) in [5.74, 6) is 0.259. The molecule has 1 heterocycles. The van der Waals surface area contributed by atoms with Gasteiger partial charge in [0.2, 0.25) is 0 Å². The third-order valence-electron chi connectivity index (χ3n) is 2.62. The molecule has 0 aliphatic heterocycles. The van der Waals surface area contributed by atoms with E-state index in [4.69, 9.17) is 14.6 Å². The van der Waals surface area contributed by atoms with E-state index in [0.717, 1.165) is 5.75 Å². The third-order valence-corrected chi connectivity index (χ3v) is 2.62. The SMILES string of the molecule is CCn1c(C(=O)O)cnc1Oc1ccc(OC)cc1. The van der Waals surface area contributed by atoms with Crippen LogP contribution in [0.25, 0.3) is 0 Å². The molecule has 1 aromatic heterocycles. The van der Waals surface area contributed by atoms with Crippen molar-refractivity contribution in [3.05, 3.63) is 36.2 Å². The number of nitrogens with zero attached hydrogens (tertiary/aromatic N) is 2. The van der Waals surface area contributed by atoms with Gasteiger partial charge < -0.3 is 14.6 Å². The van der Waals surface area contributed by atoms with Crippen molar-refractivity contribution in [1.82, 2.24) is 9.55 Å². The Morgan fingerprint density at radius 3 is 2.47 bits per heavy atom. The van der Waals surface area contributed by atoms with Crippen LogP contribution in [0, 0.1) is 0 Å². The lowest BCUT2D eigenvalue weighted by molar-refractivity contribution is 0.0684. The maximum atomic E-state index is 11.0. The molecule has 1 N–H and O–H groups in total. The molecule has 0 saturated carbocycles. The quantitative estimate of drug-likeness (QED) is 0.895. The molecule has 6 nitrogen and oxygen atoms in total. The number of aromatic carboxylic acids is 1. The molecule has 0 saturated heterocycles. The van der Waals surface area contributed by atoms with Crippen LogP contribution < -0.4 is 9.47 Å². The Morgan fingerprint density at radius 1 is 1.32 bits per heavy atom. The van der Waals surface area contributed by atoms with Crippen LogP contribution in [-0.4, -0.2) is 27.7 Å². The van der Waals surface area contributed by atoms with Crippen LogP contribution in [0.15, 0.2) is 30.5 Å². The molecular formula is C13H14N2O4. The van der Waals surface area contributed by atoms with Gasteiger partial charge in [0.05, 0.1) is 13.3 Å². The van der Waals surface area contributed by atoms with Gasteiger partial charge in [-0.15, -0.1) is 0 Å². The highest BCUT2D eigenvalue weighted by atomic mass is 16.5. The molecule has 0 fully saturated rings. The fourth-order valence-electron chi connectivity index (χ4n) is 1.67. The van der Waals surface area contributed by atoms with Crippen LogP contribution in [0.5, 0.6) is 17.5 Å². The van der Waals surface area contributed by atoms with Crippen LogP contribution in [0.3, 0.4) is 0 Å². The molecule has 0 amide bonds. The highest BCUT2D eigenvalue weighted by Crippen LogP contribution is 2.23. The van der Waals surface area contributed by atoms with Gasteiger partial charge in [0.1, 0.15) is 17.2 Å². The van der Waals surface area contributed by atoms with E-state index < -0.39 is 5.97 Å². The predicted octanol–water partition coefficient (Wildman–Crippen LogP) is 2.40. The van der Waals surface area contributed by atoms with E-state index in [1.165, 1.54) is 10.8 Å². The molecule has 0 unspecified atom stereocenters. The second-order valence-corrected chi connectivity index (χ2v) is 3.75. The number of imidazole rings is 1. The number of carbonyl (C=O) groups is 1. The van der Waals surface area contributed by atoms with E-state index in [9.17, 15) is 4.79 Å². The highest BCUT2D eigenvalue weighted by molar-refractivity contribution is 5.85. The molecule has 1 aromatic carbocycles. The fraction of sp³-hybridized carbons (Fsp3) is 0.231. The largest absolute Gasteiger partial charge is 0.497 e. The summed E-state index contributed by atoms with van der Waals surface area (Å²) in [6.45, 7) is 2.29. The molecule has 19 heavy (non-hydrogen) atoms. The highest BCUT2D eigenvalue weighted by Gasteiger charge is 2.15. The first-order valence-electron chi connectivity index (χ1n) is 5.76. The number of hydrogen-bond donors (Lipinski definition) is 1. The van der Waals surface area contributed by atoms with Gasteiger partial charge in [0, 0.05) is 6.54 Å². The van der Waals surface area contributed by atoms with Crippen molar-refractivity contribution in [2.45, 2.75) is 13.5 Å². The molecular weight excluding hydrogens is 248 g/mol. The summed E-state index contributed by atoms with van der Waals surface area (Å²) < 4.78 is 12.1. The summed E-state index contributed by atoms with van der Waals surface area (Å²) in [6.07, 6.45) is 1.28. The topological polar surface area (TPSA) is 73.6 Å². The van der Waals surface area contributed by atoms with Crippen LogP contribution in [-0.2, 0) is 6.54 Å². The van der Waals surface area contributed by atoms with Crippen molar-refractivity contribution < 1.29 is 19.4 Å². The number of carboxylic acids is 1. The summed E-state index contributed by atoms with van der Waals surface area (Å²) in [4.78, 5) is 15.0. The first kappa shape index (κ1) is 12.9. The van der Waals surface area contributed by atoms with E-state index in [1.807, 2.05) is 6.92 Å². The molecule has 100 valence electrons. The lowest BCUT2D eigenvalue weighted by atomic mass is 10.3. The summed E-state index contributed by atoms with van der Waals surface area (Å²) in [7, 11) is 1.58. The van der Waals surface area contributed by atoms with E-state index >= 15 is 0 Å². The maximum Gasteiger partial charge on any atom is 0.354 e. The second-order valence-electron chi connectivity index (χ2n) is 3.75. The van der Waals surface area contributed by atoms with Crippen molar-refractivity contribution in [2.75, 3.05) is 7.11 Å². The van der Waals surface area contributed by atoms with Gasteiger partial charge in [-0.3, -0.25) is 4.57 Å². The number of ether oxygens (including phenoxy) is 2. The average Bonchev–Trinajstić information content (AvgIpc) is 2.82. The van der Waals surface area contributed by atoms with Gasteiger partial charge in [0.25, 0.3) is 0 Å². The minimum absolute atomic E-state index is 0.103. The molecule has 0 bridgehead atoms. The Balaban J connectivity index is 2.25. The molecule has 2 aromatic rings. The van der Waals surface area contributed by atoms with Gasteiger partial charge in [-0.1, -0.05) is 0 Å². The van der Waals surface area contributed by atoms with Crippen LogP contribution in [0.1, 0.15) is 17.4 Å². The summed E-state index contributed by atoms with van der Waals surface area (Å²) >= 11 is 0. The Labute approximate surface area is 110 Å². The molecule has 0 radical (unpaired) electrons. The Bertz CT molecular complexity index is 575. The molecule has 0 aliphatic rings. The smallest absolute Gasteiger partial charge is 0.354 e. The monoisotopic (exact) mass is 262 g/mol. The minimum Gasteiger partial charge on any atom is -0.497 e. The van der Waals surface area contributed by atoms with Gasteiger partial charge in [-0.05, 0) is 31.2 Å². The van der Waals surface area contributed by atoms with Gasteiger partial charge in [-0.2, -0.15) is 0 Å². The summed E-state index contributed by atoms with van der Waals surface area (Å²) in [5, 5.41) is 9.01. The normalized spacial score (nSPS) is 10.2. The lowest BCUT2D eigenvalue weighted by Gasteiger charge is -2.08. The molecule has 0 spiro atoms. The van der Waals surface area contributed by atoms with Gasteiger partial charge in [0.15, 0.2) is 0 Å². The summed E-state index contributed by atoms with van der Waals surface area (Å²) in [6, 6.07) is 7.23. The zero-order valence-corrected chi connectivity index (χ0v) is 10.7. The Kier molecular flexibility index (Phi) is 3.70. The molecule has 0 aliphatic carbocycles. The number of rotatable bonds is 5. The fourth-order valence-corrected chi connectivity index (χ4v) is 1.67. The maximum absolute atomic E-state index is 11.0. The van der Waals surface area contributed by atoms with Crippen LogP contribution in [0.4, 0.5) is 0 Å². The van der Waals surface area contributed by atoms with E-state index in [-0.39, 0.29) is 11.7 Å². The van der Waals surface area contributed by atoms with Gasteiger partial charge in [-0.25, -0.2) is 9.78 Å². The second kappa shape index (κ2) is 5.43. The number of benzene rings is 1. The number of methoxy groups -OCH3 is 1. The van der Waals surface area contributed by atoms with Crippen molar-refractivity contribution >= 4 is 5.97 Å². The van der Waals surface area contributed by atoms with E-state index in [1.54, 1.807) is 31.4 Å². The minimum atomic E-state index is -1.03. The van der Waals surface area contributed by atoms with E-state index in [2.05, 4.69) is 4.98 Å². The Hall–Kier alpha value is -2.50.